The fraction of sp³-hybridized carbons (Fsp3) is 0.353. The van der Waals surface area contributed by atoms with E-state index in [0.29, 0.717) is 5.41 Å². The Morgan fingerprint density at radius 3 is 2.70 bits per heavy atom. The predicted molar refractivity (Wildman–Crippen MR) is 78.6 cm³/mol. The average Bonchev–Trinajstić information content (AvgIpc) is 3.08. The Bertz CT molecular complexity index is 675. The first-order chi connectivity index (χ1) is 9.74. The highest BCUT2D eigenvalue weighted by atomic mass is 16.5. The molecule has 1 amide bonds. The molecule has 2 aromatic rings. The van der Waals surface area contributed by atoms with E-state index in [9.17, 15) is 4.79 Å². The summed E-state index contributed by atoms with van der Waals surface area (Å²) in [6.07, 6.45) is 3.04. The number of nitrogens with one attached hydrogen (secondary N) is 1. The number of carbonyl (C=O) groups excluding carboxylic acids is 1. The van der Waals surface area contributed by atoms with E-state index in [2.05, 4.69) is 17.4 Å². The van der Waals surface area contributed by atoms with E-state index in [0.717, 1.165) is 24.1 Å². The van der Waals surface area contributed by atoms with Crippen LogP contribution in [-0.2, 0) is 9.53 Å². The maximum absolute atomic E-state index is 12.2. The third-order valence-electron chi connectivity index (χ3n) is 4.48. The fourth-order valence-electron chi connectivity index (χ4n) is 2.97. The Morgan fingerprint density at radius 1 is 1.15 bits per heavy atom. The molecule has 2 aliphatic rings. The van der Waals surface area contributed by atoms with Crippen molar-refractivity contribution in [1.29, 1.82) is 0 Å². The van der Waals surface area contributed by atoms with E-state index in [1.165, 1.54) is 18.2 Å². The van der Waals surface area contributed by atoms with E-state index in [1.807, 2.05) is 30.3 Å². The van der Waals surface area contributed by atoms with Gasteiger partial charge in [-0.3, -0.25) is 4.79 Å². The summed E-state index contributed by atoms with van der Waals surface area (Å²) in [5.41, 5.74) is 1.18. The largest absolute Gasteiger partial charge is 0.368 e. The number of fused-ring (bicyclic) bond motifs is 1. The van der Waals surface area contributed by atoms with Gasteiger partial charge in [0.2, 0.25) is 0 Å². The number of amides is 1. The third-order valence-corrected chi connectivity index (χ3v) is 4.48. The second-order valence-electron chi connectivity index (χ2n) is 6.05. The van der Waals surface area contributed by atoms with Crippen LogP contribution in [0.25, 0.3) is 10.8 Å². The van der Waals surface area contributed by atoms with E-state index >= 15 is 0 Å². The summed E-state index contributed by atoms with van der Waals surface area (Å²) in [5, 5.41) is 5.29. The van der Waals surface area contributed by atoms with Gasteiger partial charge in [0, 0.05) is 5.69 Å². The van der Waals surface area contributed by atoms with Crippen molar-refractivity contribution in [2.75, 3.05) is 11.9 Å². The van der Waals surface area contributed by atoms with Crippen LogP contribution in [0.4, 0.5) is 5.69 Å². The Morgan fingerprint density at radius 2 is 1.95 bits per heavy atom. The van der Waals surface area contributed by atoms with Crippen molar-refractivity contribution in [2.45, 2.75) is 25.4 Å². The highest BCUT2D eigenvalue weighted by molar-refractivity contribution is 5.97. The summed E-state index contributed by atoms with van der Waals surface area (Å²) < 4.78 is 5.64. The molecule has 1 unspecified atom stereocenters. The van der Waals surface area contributed by atoms with Gasteiger partial charge in [-0.25, -0.2) is 0 Å². The number of ether oxygens (including phenoxy) is 1. The number of hydrogen-bond donors (Lipinski definition) is 1. The zero-order valence-corrected chi connectivity index (χ0v) is 11.3. The van der Waals surface area contributed by atoms with Gasteiger partial charge in [-0.2, -0.15) is 0 Å². The molecule has 1 atom stereocenters. The van der Waals surface area contributed by atoms with Crippen LogP contribution >= 0.6 is 0 Å². The van der Waals surface area contributed by atoms with Gasteiger partial charge in [0.05, 0.1) is 6.61 Å². The second-order valence-corrected chi connectivity index (χ2v) is 6.05. The van der Waals surface area contributed by atoms with E-state index in [-0.39, 0.29) is 12.0 Å². The van der Waals surface area contributed by atoms with Crippen LogP contribution < -0.4 is 5.32 Å². The van der Waals surface area contributed by atoms with Gasteiger partial charge >= 0.3 is 0 Å². The van der Waals surface area contributed by atoms with Crippen molar-refractivity contribution >= 4 is 22.4 Å². The van der Waals surface area contributed by atoms with Gasteiger partial charge in [0.15, 0.2) is 0 Å². The minimum Gasteiger partial charge on any atom is -0.368 e. The molecule has 1 saturated carbocycles. The van der Waals surface area contributed by atoms with Gasteiger partial charge < -0.3 is 10.1 Å². The predicted octanol–water partition coefficient (Wildman–Crippen LogP) is 3.35. The quantitative estimate of drug-likeness (QED) is 0.906. The van der Waals surface area contributed by atoms with Crippen LogP contribution in [0.1, 0.15) is 19.3 Å². The van der Waals surface area contributed by atoms with Crippen LogP contribution in [-0.4, -0.2) is 18.6 Å². The highest BCUT2D eigenvalue weighted by Gasteiger charge is 2.51. The van der Waals surface area contributed by atoms with Crippen molar-refractivity contribution in [1.82, 2.24) is 0 Å². The Hall–Kier alpha value is -1.87. The molecule has 0 bridgehead atoms. The summed E-state index contributed by atoms with van der Waals surface area (Å²) in [4.78, 5) is 12.2. The van der Waals surface area contributed by atoms with Crippen molar-refractivity contribution < 1.29 is 9.53 Å². The molecule has 1 spiro atoms. The third kappa shape index (κ3) is 2.08. The number of rotatable bonds is 2. The SMILES string of the molecule is O=C(Nc1ccc2ccccc2c1)C1CC2(CC2)CO1. The molecule has 2 aromatic carbocycles. The lowest BCUT2D eigenvalue weighted by atomic mass is 10.0. The van der Waals surface area contributed by atoms with Crippen LogP contribution in [0, 0.1) is 5.41 Å². The maximum Gasteiger partial charge on any atom is 0.253 e. The standard InChI is InChI=1S/C17H17NO2/c19-16(15-10-17(7-8-17)11-20-15)18-14-6-5-12-3-1-2-4-13(12)9-14/h1-6,9,15H,7-8,10-11H2,(H,18,19). The summed E-state index contributed by atoms with van der Waals surface area (Å²) in [5.74, 6) is -0.0101. The molecule has 4 rings (SSSR count). The van der Waals surface area contributed by atoms with E-state index in [1.54, 1.807) is 0 Å². The summed E-state index contributed by atoms with van der Waals surface area (Å²) >= 11 is 0. The monoisotopic (exact) mass is 267 g/mol. The molecular formula is C17H17NO2. The molecule has 102 valence electrons. The van der Waals surface area contributed by atoms with Crippen molar-refractivity contribution in [3.8, 4) is 0 Å². The van der Waals surface area contributed by atoms with Crippen LogP contribution in [0.3, 0.4) is 0 Å². The van der Waals surface area contributed by atoms with Gasteiger partial charge in [-0.1, -0.05) is 30.3 Å². The molecule has 1 heterocycles. The number of hydrogen-bond acceptors (Lipinski definition) is 2. The Kier molecular flexibility index (Phi) is 2.57. The van der Waals surface area contributed by atoms with Gasteiger partial charge in [0.1, 0.15) is 6.10 Å². The van der Waals surface area contributed by atoms with Crippen LogP contribution in [0.5, 0.6) is 0 Å². The van der Waals surface area contributed by atoms with Gasteiger partial charge in [-0.05, 0) is 47.6 Å². The first kappa shape index (κ1) is 11.9. The van der Waals surface area contributed by atoms with Crippen LogP contribution in [0.15, 0.2) is 42.5 Å². The molecule has 3 nitrogen and oxygen atoms in total. The zero-order valence-electron chi connectivity index (χ0n) is 11.3. The maximum atomic E-state index is 12.2. The first-order valence-corrected chi connectivity index (χ1v) is 7.16. The molecule has 2 fully saturated rings. The molecule has 20 heavy (non-hydrogen) atoms. The van der Waals surface area contributed by atoms with Gasteiger partial charge in [0.25, 0.3) is 5.91 Å². The molecular weight excluding hydrogens is 250 g/mol. The smallest absolute Gasteiger partial charge is 0.253 e. The highest BCUT2D eigenvalue weighted by Crippen LogP contribution is 2.53. The normalized spacial score (nSPS) is 23.1. The first-order valence-electron chi connectivity index (χ1n) is 7.16. The van der Waals surface area contributed by atoms with Crippen molar-refractivity contribution in [2.24, 2.45) is 5.41 Å². The average molecular weight is 267 g/mol. The zero-order chi connectivity index (χ0) is 13.6. The number of benzene rings is 2. The lowest BCUT2D eigenvalue weighted by Crippen LogP contribution is -2.27. The minimum atomic E-state index is -0.274. The Balaban J connectivity index is 1.50. The fourth-order valence-corrected chi connectivity index (χ4v) is 2.97. The van der Waals surface area contributed by atoms with Crippen LogP contribution in [0.2, 0.25) is 0 Å². The molecule has 1 saturated heterocycles. The summed E-state index contributed by atoms with van der Waals surface area (Å²) in [6, 6.07) is 14.1. The summed E-state index contributed by atoms with van der Waals surface area (Å²) in [6.45, 7) is 0.753. The molecule has 3 heteroatoms. The molecule has 0 radical (unpaired) electrons. The topological polar surface area (TPSA) is 38.3 Å². The lowest BCUT2D eigenvalue weighted by molar-refractivity contribution is -0.124. The molecule has 0 aromatic heterocycles. The van der Waals surface area contributed by atoms with Crippen molar-refractivity contribution in [3.63, 3.8) is 0 Å². The second kappa shape index (κ2) is 4.32. The van der Waals surface area contributed by atoms with Crippen molar-refractivity contribution in [3.05, 3.63) is 42.5 Å². The minimum absolute atomic E-state index is 0.0101. The van der Waals surface area contributed by atoms with E-state index < -0.39 is 0 Å². The van der Waals surface area contributed by atoms with E-state index in [4.69, 9.17) is 4.74 Å². The molecule has 1 aliphatic carbocycles. The number of carbonyl (C=O) groups is 1. The summed E-state index contributed by atoms with van der Waals surface area (Å²) in [7, 11) is 0. The number of anilines is 1. The lowest BCUT2D eigenvalue weighted by Gasteiger charge is -2.11. The Labute approximate surface area is 117 Å². The van der Waals surface area contributed by atoms with Gasteiger partial charge in [-0.15, -0.1) is 0 Å². The molecule has 1 N–H and O–H groups in total. The molecule has 1 aliphatic heterocycles.